The summed E-state index contributed by atoms with van der Waals surface area (Å²) in [5, 5.41) is 0. The van der Waals surface area contributed by atoms with Gasteiger partial charge < -0.3 is 28.4 Å². The monoisotopic (exact) mass is 634 g/mol. The molecule has 0 bridgehead atoms. The van der Waals surface area contributed by atoms with Crippen LogP contribution >= 0.6 is 15.9 Å². The van der Waals surface area contributed by atoms with Gasteiger partial charge in [0.1, 0.15) is 0 Å². The van der Waals surface area contributed by atoms with E-state index in [9.17, 15) is 0 Å². The number of unbranched alkanes of at least 4 members (excludes halogenated alkanes) is 2. The van der Waals surface area contributed by atoms with E-state index in [1.165, 1.54) is 27.8 Å². The number of halogens is 1. The molecule has 7 heteroatoms. The normalized spacial score (nSPS) is 13.5. The molecular formula is C34H51BrO6. The smallest absolute Gasteiger partial charge is 0.0701 e. The highest BCUT2D eigenvalue weighted by Gasteiger charge is 2.42. The zero-order valence-electron chi connectivity index (χ0n) is 25.5. The summed E-state index contributed by atoms with van der Waals surface area (Å²) >= 11 is 3.73. The quantitative estimate of drug-likeness (QED) is 0.111. The van der Waals surface area contributed by atoms with Crippen LogP contribution in [0.1, 0.15) is 69.1 Å². The number of ether oxygens (including phenoxy) is 6. The maximum Gasteiger partial charge on any atom is 0.0701 e. The van der Waals surface area contributed by atoms with Crippen molar-refractivity contribution in [3.63, 3.8) is 0 Å². The van der Waals surface area contributed by atoms with Crippen LogP contribution in [0.5, 0.6) is 0 Å². The average molecular weight is 636 g/mol. The zero-order valence-corrected chi connectivity index (χ0v) is 27.1. The lowest BCUT2D eigenvalue weighted by atomic mass is 9.73. The van der Waals surface area contributed by atoms with Crippen molar-refractivity contribution in [3.8, 4) is 11.1 Å². The van der Waals surface area contributed by atoms with Crippen molar-refractivity contribution in [2.45, 2.75) is 64.7 Å². The van der Waals surface area contributed by atoms with Crippen LogP contribution in [0, 0.1) is 6.92 Å². The Kier molecular flexibility index (Phi) is 16.5. The Labute approximate surface area is 256 Å². The van der Waals surface area contributed by atoms with Gasteiger partial charge in [-0.1, -0.05) is 72.4 Å². The minimum atomic E-state index is -0.178. The van der Waals surface area contributed by atoms with Gasteiger partial charge in [-0.3, -0.25) is 0 Å². The van der Waals surface area contributed by atoms with Gasteiger partial charge in [0, 0.05) is 36.3 Å². The van der Waals surface area contributed by atoms with E-state index in [2.05, 4.69) is 73.1 Å². The van der Waals surface area contributed by atoms with E-state index in [0.29, 0.717) is 66.1 Å². The van der Waals surface area contributed by atoms with Crippen molar-refractivity contribution in [2.24, 2.45) is 0 Å². The molecule has 0 aromatic heterocycles. The molecule has 230 valence electrons. The van der Waals surface area contributed by atoms with Crippen molar-refractivity contribution in [2.75, 3.05) is 79.3 Å². The lowest BCUT2D eigenvalue weighted by Gasteiger charge is -2.32. The van der Waals surface area contributed by atoms with E-state index < -0.39 is 0 Å². The second-order valence-electron chi connectivity index (χ2n) is 10.7. The van der Waals surface area contributed by atoms with Crippen molar-refractivity contribution >= 4 is 15.9 Å². The highest BCUT2D eigenvalue weighted by atomic mass is 79.9. The Hall–Kier alpha value is -1.32. The lowest BCUT2D eigenvalue weighted by Crippen LogP contribution is -2.30. The van der Waals surface area contributed by atoms with Gasteiger partial charge in [0.2, 0.25) is 0 Å². The summed E-state index contributed by atoms with van der Waals surface area (Å²) in [6.07, 6.45) is 6.25. The molecule has 1 aliphatic rings. The molecular weight excluding hydrogens is 584 g/mol. The fraction of sp³-hybridized carbons (Fsp3) is 0.647. The van der Waals surface area contributed by atoms with E-state index in [1.807, 2.05) is 0 Å². The van der Waals surface area contributed by atoms with Crippen molar-refractivity contribution in [1.29, 1.82) is 0 Å². The first-order valence-corrected chi connectivity index (χ1v) is 16.3. The van der Waals surface area contributed by atoms with Crippen LogP contribution in [-0.4, -0.2) is 79.3 Å². The number of fused-ring (bicyclic) bond motifs is 3. The van der Waals surface area contributed by atoms with Gasteiger partial charge in [0.25, 0.3) is 0 Å². The van der Waals surface area contributed by atoms with Crippen LogP contribution in [0.2, 0.25) is 0 Å². The van der Waals surface area contributed by atoms with E-state index >= 15 is 0 Å². The Bertz CT molecular complexity index is 918. The summed E-state index contributed by atoms with van der Waals surface area (Å²) in [5.74, 6) is 0. The summed E-state index contributed by atoms with van der Waals surface area (Å²) in [7, 11) is 0. The fourth-order valence-electron chi connectivity index (χ4n) is 5.31. The zero-order chi connectivity index (χ0) is 29.2. The van der Waals surface area contributed by atoms with E-state index in [4.69, 9.17) is 28.4 Å². The Morgan fingerprint density at radius 2 is 0.951 bits per heavy atom. The molecule has 41 heavy (non-hydrogen) atoms. The SMILES string of the molecule is CCCCOCCOCCOCCC1(CCOCCOCCOCCCC)c2cc(C)ccc2-c2ccc(Br)cc21. The molecule has 0 saturated heterocycles. The minimum Gasteiger partial charge on any atom is -0.379 e. The van der Waals surface area contributed by atoms with E-state index in [1.54, 1.807) is 0 Å². The first-order valence-electron chi connectivity index (χ1n) is 15.5. The minimum absolute atomic E-state index is 0.178. The first kappa shape index (κ1) is 34.2. The van der Waals surface area contributed by atoms with Crippen LogP contribution in [0.4, 0.5) is 0 Å². The molecule has 2 aromatic rings. The first-order chi connectivity index (χ1) is 20.1. The number of hydrogen-bond acceptors (Lipinski definition) is 6. The van der Waals surface area contributed by atoms with Gasteiger partial charge in [-0.25, -0.2) is 0 Å². The molecule has 0 atom stereocenters. The second kappa shape index (κ2) is 19.8. The van der Waals surface area contributed by atoms with E-state index in [-0.39, 0.29) is 5.41 Å². The molecule has 0 amide bonds. The lowest BCUT2D eigenvalue weighted by molar-refractivity contribution is 0.00618. The van der Waals surface area contributed by atoms with Crippen LogP contribution in [0.25, 0.3) is 11.1 Å². The highest BCUT2D eigenvalue weighted by Crippen LogP contribution is 2.53. The Morgan fingerprint density at radius 3 is 1.44 bits per heavy atom. The van der Waals surface area contributed by atoms with E-state index in [0.717, 1.165) is 56.2 Å². The number of hydrogen-bond donors (Lipinski definition) is 0. The predicted octanol–water partition coefficient (Wildman–Crippen LogP) is 7.50. The van der Waals surface area contributed by atoms with Gasteiger partial charge in [-0.2, -0.15) is 0 Å². The second-order valence-corrected chi connectivity index (χ2v) is 11.6. The predicted molar refractivity (Wildman–Crippen MR) is 169 cm³/mol. The highest BCUT2D eigenvalue weighted by molar-refractivity contribution is 9.10. The third-order valence-corrected chi connectivity index (χ3v) is 8.09. The average Bonchev–Trinajstić information content (AvgIpc) is 3.22. The summed E-state index contributed by atoms with van der Waals surface area (Å²) in [6.45, 7) is 14.2. The molecule has 0 unspecified atom stereocenters. The molecule has 0 heterocycles. The Balaban J connectivity index is 1.54. The topological polar surface area (TPSA) is 55.4 Å². The standard InChI is InChI=1S/C34H51BrO6/c1-4-6-14-36-18-22-40-24-20-38-16-12-34(13-17-39-21-25-41-23-19-37-15-7-5-2)32-26-28(3)8-10-30(32)31-11-9-29(35)27-33(31)34/h8-11,26-27H,4-7,12-25H2,1-3H3. The molecule has 1 aliphatic carbocycles. The third kappa shape index (κ3) is 11.0. The van der Waals surface area contributed by atoms with Gasteiger partial charge in [0.15, 0.2) is 0 Å². The molecule has 2 aromatic carbocycles. The number of rotatable bonds is 24. The molecule has 3 rings (SSSR count). The largest absolute Gasteiger partial charge is 0.379 e. The van der Waals surface area contributed by atoms with Crippen LogP contribution < -0.4 is 0 Å². The molecule has 0 saturated carbocycles. The summed E-state index contributed by atoms with van der Waals surface area (Å²) in [6, 6.07) is 13.5. The maximum atomic E-state index is 6.11. The number of aryl methyl sites for hydroxylation is 1. The van der Waals surface area contributed by atoms with Gasteiger partial charge in [0.05, 0.1) is 52.9 Å². The summed E-state index contributed by atoms with van der Waals surface area (Å²) in [4.78, 5) is 0. The van der Waals surface area contributed by atoms with Crippen LogP contribution in [-0.2, 0) is 33.8 Å². The van der Waals surface area contributed by atoms with Crippen molar-refractivity contribution in [3.05, 3.63) is 57.6 Å². The molecule has 6 nitrogen and oxygen atoms in total. The Morgan fingerprint density at radius 1 is 0.537 bits per heavy atom. The molecule has 0 radical (unpaired) electrons. The molecule has 0 fully saturated rings. The fourth-order valence-corrected chi connectivity index (χ4v) is 5.68. The van der Waals surface area contributed by atoms with Crippen LogP contribution in [0.15, 0.2) is 40.9 Å². The van der Waals surface area contributed by atoms with Crippen molar-refractivity contribution < 1.29 is 28.4 Å². The molecule has 0 aliphatic heterocycles. The maximum absolute atomic E-state index is 6.11. The van der Waals surface area contributed by atoms with Gasteiger partial charge >= 0.3 is 0 Å². The van der Waals surface area contributed by atoms with Gasteiger partial charge in [-0.05, 0) is 67.0 Å². The van der Waals surface area contributed by atoms with Gasteiger partial charge in [-0.15, -0.1) is 0 Å². The summed E-state index contributed by atoms with van der Waals surface area (Å²) in [5.41, 5.74) is 6.44. The molecule has 0 N–H and O–H groups in total. The third-order valence-electron chi connectivity index (χ3n) is 7.60. The number of benzene rings is 2. The van der Waals surface area contributed by atoms with Crippen LogP contribution in [0.3, 0.4) is 0 Å². The summed E-state index contributed by atoms with van der Waals surface area (Å²) < 4.78 is 35.9. The van der Waals surface area contributed by atoms with Crippen molar-refractivity contribution in [1.82, 2.24) is 0 Å². The molecule has 0 spiro atoms.